The third-order valence-electron chi connectivity index (χ3n) is 3.31. The van der Waals surface area contributed by atoms with Gasteiger partial charge in [-0.2, -0.15) is 0 Å². The lowest BCUT2D eigenvalue weighted by molar-refractivity contribution is -0.152. The Balaban J connectivity index is 2.47. The molecule has 2 amide bonds. The first-order valence-corrected chi connectivity index (χ1v) is 6.55. The van der Waals surface area contributed by atoms with Gasteiger partial charge in [-0.25, -0.2) is 0 Å². The predicted molar refractivity (Wildman–Crippen MR) is 68.0 cm³/mol. The van der Waals surface area contributed by atoms with Gasteiger partial charge in [-0.05, 0) is 13.8 Å². The summed E-state index contributed by atoms with van der Waals surface area (Å²) in [4.78, 5) is 29.1. The van der Waals surface area contributed by atoms with E-state index in [2.05, 4.69) is 4.90 Å². The maximum Gasteiger partial charge on any atom is 0.312 e. The number of rotatable bonds is 4. The van der Waals surface area contributed by atoms with Gasteiger partial charge in [0.15, 0.2) is 0 Å². The van der Waals surface area contributed by atoms with Crippen LogP contribution in [-0.4, -0.2) is 84.0 Å². The number of β-amino-alcohol motifs (C(OH)–C–C–N with tert-alkyl or cyclic N) is 1. The Kier molecular flexibility index (Phi) is 6.07. The van der Waals surface area contributed by atoms with Crippen LogP contribution >= 0.6 is 0 Å². The number of amides is 2. The smallest absolute Gasteiger partial charge is 0.312 e. The summed E-state index contributed by atoms with van der Waals surface area (Å²) in [6, 6.07) is 0. The largest absolute Gasteiger partial charge is 0.395 e. The zero-order valence-electron chi connectivity index (χ0n) is 11.3. The van der Waals surface area contributed by atoms with Crippen molar-refractivity contribution < 1.29 is 14.7 Å². The van der Waals surface area contributed by atoms with Crippen molar-refractivity contribution in [3.63, 3.8) is 0 Å². The molecule has 6 nitrogen and oxygen atoms in total. The first-order valence-electron chi connectivity index (χ1n) is 6.55. The van der Waals surface area contributed by atoms with Gasteiger partial charge < -0.3 is 14.9 Å². The fourth-order valence-corrected chi connectivity index (χ4v) is 2.10. The summed E-state index contributed by atoms with van der Waals surface area (Å²) < 4.78 is 0. The summed E-state index contributed by atoms with van der Waals surface area (Å²) in [5, 5.41) is 8.84. The zero-order chi connectivity index (χ0) is 13.5. The van der Waals surface area contributed by atoms with Crippen LogP contribution in [0.4, 0.5) is 0 Å². The molecule has 18 heavy (non-hydrogen) atoms. The van der Waals surface area contributed by atoms with Crippen molar-refractivity contribution in [1.29, 1.82) is 0 Å². The molecule has 0 aromatic heterocycles. The Morgan fingerprint density at radius 3 is 2.11 bits per heavy atom. The first-order chi connectivity index (χ1) is 8.63. The summed E-state index contributed by atoms with van der Waals surface area (Å²) >= 11 is 0. The second-order valence-electron chi connectivity index (χ2n) is 4.33. The Labute approximate surface area is 108 Å². The molecule has 1 N–H and O–H groups in total. The monoisotopic (exact) mass is 257 g/mol. The van der Waals surface area contributed by atoms with Gasteiger partial charge in [0.1, 0.15) is 0 Å². The molecule has 6 heteroatoms. The summed E-state index contributed by atoms with van der Waals surface area (Å²) in [6.45, 7) is 8.19. The number of hydrogen-bond donors (Lipinski definition) is 1. The van der Waals surface area contributed by atoms with E-state index in [1.165, 1.54) is 0 Å². The third kappa shape index (κ3) is 3.68. The summed E-state index contributed by atoms with van der Waals surface area (Å²) in [6.07, 6.45) is 0. The van der Waals surface area contributed by atoms with Crippen LogP contribution in [0.1, 0.15) is 13.8 Å². The number of carbonyl (C=O) groups excluding carboxylic acids is 2. The summed E-state index contributed by atoms with van der Waals surface area (Å²) in [5.74, 6) is -0.807. The SMILES string of the molecule is CCN(CC)C(=O)C(=O)N1CCN(CCO)CC1. The quantitative estimate of drug-likeness (QED) is 0.656. The molecule has 0 aromatic rings. The second kappa shape index (κ2) is 7.33. The van der Waals surface area contributed by atoms with Crippen LogP contribution in [0, 0.1) is 0 Å². The summed E-state index contributed by atoms with van der Waals surface area (Å²) in [7, 11) is 0. The lowest BCUT2D eigenvalue weighted by Crippen LogP contribution is -2.53. The minimum atomic E-state index is -0.407. The minimum absolute atomic E-state index is 0.131. The minimum Gasteiger partial charge on any atom is -0.395 e. The zero-order valence-corrected chi connectivity index (χ0v) is 11.3. The van der Waals surface area contributed by atoms with Crippen molar-refractivity contribution in [3.05, 3.63) is 0 Å². The molecule has 1 rings (SSSR count). The van der Waals surface area contributed by atoms with Crippen molar-refractivity contribution >= 4 is 11.8 Å². The number of aliphatic hydroxyl groups is 1. The second-order valence-corrected chi connectivity index (χ2v) is 4.33. The number of hydrogen-bond acceptors (Lipinski definition) is 4. The average molecular weight is 257 g/mol. The van der Waals surface area contributed by atoms with Crippen LogP contribution < -0.4 is 0 Å². The van der Waals surface area contributed by atoms with Crippen LogP contribution in [0.15, 0.2) is 0 Å². The van der Waals surface area contributed by atoms with Crippen molar-refractivity contribution in [2.45, 2.75) is 13.8 Å². The molecule has 0 aliphatic carbocycles. The van der Waals surface area contributed by atoms with E-state index in [1.807, 2.05) is 13.8 Å². The Hall–Kier alpha value is -1.14. The molecule has 1 aliphatic rings. The topological polar surface area (TPSA) is 64.1 Å². The molecule has 0 atom stereocenters. The van der Waals surface area contributed by atoms with E-state index >= 15 is 0 Å². The molecule has 0 saturated carbocycles. The number of nitrogens with zero attached hydrogens (tertiary/aromatic N) is 3. The number of carbonyl (C=O) groups is 2. The highest BCUT2D eigenvalue weighted by molar-refractivity contribution is 6.34. The highest BCUT2D eigenvalue weighted by Gasteiger charge is 2.28. The standard InChI is InChI=1S/C12H23N3O3/c1-3-14(4-2)11(17)12(18)15-7-5-13(6-8-15)9-10-16/h16H,3-10H2,1-2H3. The van der Waals surface area contributed by atoms with Crippen LogP contribution in [0.3, 0.4) is 0 Å². The molecule has 1 heterocycles. The molecule has 0 unspecified atom stereocenters. The maximum atomic E-state index is 12.0. The van der Waals surface area contributed by atoms with E-state index < -0.39 is 11.8 Å². The first kappa shape index (κ1) is 14.9. The van der Waals surface area contributed by atoms with Crippen molar-refractivity contribution in [2.24, 2.45) is 0 Å². The van der Waals surface area contributed by atoms with Gasteiger partial charge >= 0.3 is 11.8 Å². The highest BCUT2D eigenvalue weighted by Crippen LogP contribution is 2.03. The number of likely N-dealkylation sites (N-methyl/N-ethyl adjacent to an activating group) is 1. The molecule has 0 bridgehead atoms. The lowest BCUT2D eigenvalue weighted by Gasteiger charge is -2.34. The van der Waals surface area contributed by atoms with Crippen LogP contribution in [-0.2, 0) is 9.59 Å². The highest BCUT2D eigenvalue weighted by atomic mass is 16.3. The molecule has 104 valence electrons. The lowest BCUT2D eigenvalue weighted by atomic mass is 10.3. The fourth-order valence-electron chi connectivity index (χ4n) is 2.10. The number of aliphatic hydroxyl groups excluding tert-OH is 1. The van der Waals surface area contributed by atoms with Crippen LogP contribution in [0.25, 0.3) is 0 Å². The molecule has 1 fully saturated rings. The molecular formula is C12H23N3O3. The van der Waals surface area contributed by atoms with E-state index in [0.29, 0.717) is 32.7 Å². The normalized spacial score (nSPS) is 16.7. The van der Waals surface area contributed by atoms with Gasteiger partial charge in [-0.15, -0.1) is 0 Å². The maximum absolute atomic E-state index is 12.0. The van der Waals surface area contributed by atoms with Crippen LogP contribution in [0.5, 0.6) is 0 Å². The average Bonchev–Trinajstić information content (AvgIpc) is 2.40. The fraction of sp³-hybridized carbons (Fsp3) is 0.833. The van der Waals surface area contributed by atoms with Crippen molar-refractivity contribution in [1.82, 2.24) is 14.7 Å². The van der Waals surface area contributed by atoms with Gasteiger partial charge in [0.2, 0.25) is 0 Å². The Morgan fingerprint density at radius 2 is 1.67 bits per heavy atom. The Bertz CT molecular complexity index is 284. The van der Waals surface area contributed by atoms with Gasteiger partial charge in [-0.1, -0.05) is 0 Å². The van der Waals surface area contributed by atoms with E-state index in [0.717, 1.165) is 13.1 Å². The van der Waals surface area contributed by atoms with Crippen LogP contribution in [0.2, 0.25) is 0 Å². The molecule has 1 aliphatic heterocycles. The van der Waals surface area contributed by atoms with E-state index in [9.17, 15) is 9.59 Å². The molecule has 0 spiro atoms. The van der Waals surface area contributed by atoms with Gasteiger partial charge in [0, 0.05) is 45.8 Å². The summed E-state index contributed by atoms with van der Waals surface area (Å²) in [5.41, 5.74) is 0. The molecular weight excluding hydrogens is 234 g/mol. The van der Waals surface area contributed by atoms with Gasteiger partial charge in [0.25, 0.3) is 0 Å². The van der Waals surface area contributed by atoms with Crippen molar-refractivity contribution in [3.8, 4) is 0 Å². The molecule has 0 radical (unpaired) electrons. The van der Waals surface area contributed by atoms with Gasteiger partial charge in [0.05, 0.1) is 6.61 Å². The predicted octanol–water partition coefficient (Wildman–Crippen LogP) is -1.01. The van der Waals surface area contributed by atoms with E-state index in [-0.39, 0.29) is 6.61 Å². The molecule has 1 saturated heterocycles. The van der Waals surface area contributed by atoms with Crippen molar-refractivity contribution in [2.75, 3.05) is 52.4 Å². The van der Waals surface area contributed by atoms with E-state index in [1.54, 1.807) is 9.80 Å². The molecule has 0 aromatic carbocycles. The van der Waals surface area contributed by atoms with E-state index in [4.69, 9.17) is 5.11 Å². The third-order valence-corrected chi connectivity index (χ3v) is 3.31. The van der Waals surface area contributed by atoms with Gasteiger partial charge in [-0.3, -0.25) is 14.5 Å². The number of piperazine rings is 1. The Morgan fingerprint density at radius 1 is 1.11 bits per heavy atom.